The van der Waals surface area contributed by atoms with Crippen molar-refractivity contribution in [3.05, 3.63) is 33.8 Å². The summed E-state index contributed by atoms with van der Waals surface area (Å²) in [6.45, 7) is 0.171. The maximum absolute atomic E-state index is 9.69. The van der Waals surface area contributed by atoms with Crippen molar-refractivity contribution in [2.24, 2.45) is 5.73 Å². The van der Waals surface area contributed by atoms with Gasteiger partial charge in [-0.2, -0.15) is 0 Å². The van der Waals surface area contributed by atoms with Gasteiger partial charge in [-0.3, -0.25) is 0 Å². The minimum Gasteiger partial charge on any atom is -0.390 e. The van der Waals surface area contributed by atoms with Crippen LogP contribution in [0, 0.1) is 0 Å². The first-order valence-electron chi connectivity index (χ1n) is 4.60. The van der Waals surface area contributed by atoms with Gasteiger partial charge in [0.15, 0.2) is 0 Å². The fourth-order valence-corrected chi connectivity index (χ4v) is 1.97. The molecule has 0 aromatic heterocycles. The van der Waals surface area contributed by atoms with Gasteiger partial charge < -0.3 is 16.2 Å². The van der Waals surface area contributed by atoms with Gasteiger partial charge in [0, 0.05) is 16.6 Å². The highest BCUT2D eigenvalue weighted by Crippen LogP contribution is 2.27. The second-order valence-corrected chi connectivity index (χ2v) is 4.08. The normalized spacial score (nSPS) is 15.0. The molecular weight excluding hydrogens is 235 g/mol. The van der Waals surface area contributed by atoms with Crippen LogP contribution in [-0.2, 0) is 0 Å². The molecule has 0 fully saturated rings. The molecule has 4 N–H and O–H groups in total. The Hall–Kier alpha value is -0.320. The zero-order valence-electron chi connectivity index (χ0n) is 8.37. The van der Waals surface area contributed by atoms with Gasteiger partial charge in [0.1, 0.15) is 0 Å². The first-order valence-corrected chi connectivity index (χ1v) is 5.36. The van der Waals surface area contributed by atoms with Gasteiger partial charge in [0.25, 0.3) is 0 Å². The summed E-state index contributed by atoms with van der Waals surface area (Å²) < 4.78 is 0. The van der Waals surface area contributed by atoms with E-state index < -0.39 is 6.10 Å². The molecular formula is C10H14Cl2N2O. The Morgan fingerprint density at radius 2 is 2.13 bits per heavy atom. The third-order valence-electron chi connectivity index (χ3n) is 2.23. The van der Waals surface area contributed by atoms with Crippen molar-refractivity contribution in [2.45, 2.75) is 12.1 Å². The number of hydrogen-bond acceptors (Lipinski definition) is 3. The van der Waals surface area contributed by atoms with Crippen LogP contribution in [0.25, 0.3) is 0 Å². The van der Waals surface area contributed by atoms with E-state index >= 15 is 0 Å². The minimum absolute atomic E-state index is 0.171. The molecule has 0 bridgehead atoms. The SMILES string of the molecule is CNC(c1ccc(Cl)cc1Cl)C(O)CN. The average molecular weight is 249 g/mol. The van der Waals surface area contributed by atoms with Crippen LogP contribution in [0.5, 0.6) is 0 Å². The third kappa shape index (κ3) is 3.06. The van der Waals surface area contributed by atoms with Gasteiger partial charge in [0.2, 0.25) is 0 Å². The Labute approximate surface area is 99.2 Å². The summed E-state index contributed by atoms with van der Waals surface area (Å²) in [5.74, 6) is 0. The molecule has 0 aliphatic heterocycles. The Morgan fingerprint density at radius 3 is 2.60 bits per heavy atom. The first-order chi connectivity index (χ1) is 7.10. The second kappa shape index (κ2) is 5.68. The van der Waals surface area contributed by atoms with Crippen molar-refractivity contribution >= 4 is 23.2 Å². The molecule has 1 aromatic carbocycles. The molecule has 0 heterocycles. The number of nitrogens with two attached hydrogens (primary N) is 1. The monoisotopic (exact) mass is 248 g/mol. The minimum atomic E-state index is -0.673. The molecule has 84 valence electrons. The Kier molecular flexibility index (Phi) is 4.83. The maximum Gasteiger partial charge on any atom is 0.0857 e. The van der Waals surface area contributed by atoms with E-state index in [4.69, 9.17) is 28.9 Å². The van der Waals surface area contributed by atoms with Crippen LogP contribution < -0.4 is 11.1 Å². The van der Waals surface area contributed by atoms with Gasteiger partial charge in [-0.1, -0.05) is 29.3 Å². The lowest BCUT2D eigenvalue weighted by Crippen LogP contribution is -2.35. The van der Waals surface area contributed by atoms with Gasteiger partial charge in [-0.05, 0) is 24.7 Å². The summed E-state index contributed by atoms with van der Waals surface area (Å²) in [5, 5.41) is 13.8. The number of halogens is 2. The highest BCUT2D eigenvalue weighted by atomic mass is 35.5. The van der Waals surface area contributed by atoms with Gasteiger partial charge in [-0.15, -0.1) is 0 Å². The lowest BCUT2D eigenvalue weighted by Gasteiger charge is -2.22. The van der Waals surface area contributed by atoms with E-state index in [9.17, 15) is 5.11 Å². The first kappa shape index (κ1) is 12.7. The van der Waals surface area contributed by atoms with Crippen molar-refractivity contribution in [1.29, 1.82) is 0 Å². The number of nitrogens with one attached hydrogen (secondary N) is 1. The van der Waals surface area contributed by atoms with E-state index in [1.807, 2.05) is 0 Å². The largest absolute Gasteiger partial charge is 0.390 e. The molecule has 3 nitrogen and oxygen atoms in total. The molecule has 0 saturated carbocycles. The summed E-state index contributed by atoms with van der Waals surface area (Å²) in [7, 11) is 1.74. The van der Waals surface area contributed by atoms with E-state index in [1.54, 1.807) is 25.2 Å². The van der Waals surface area contributed by atoms with E-state index in [1.165, 1.54) is 0 Å². The van der Waals surface area contributed by atoms with Gasteiger partial charge in [0.05, 0.1) is 12.1 Å². The Morgan fingerprint density at radius 1 is 1.47 bits per heavy atom. The molecule has 0 aliphatic rings. The molecule has 0 radical (unpaired) electrons. The number of hydrogen-bond donors (Lipinski definition) is 3. The van der Waals surface area contributed by atoms with Crippen LogP contribution in [0.4, 0.5) is 0 Å². The van der Waals surface area contributed by atoms with Crippen molar-refractivity contribution in [2.75, 3.05) is 13.6 Å². The summed E-state index contributed by atoms with van der Waals surface area (Å²) in [6.07, 6.45) is -0.673. The van der Waals surface area contributed by atoms with Crippen molar-refractivity contribution in [3.8, 4) is 0 Å². The van der Waals surface area contributed by atoms with Crippen molar-refractivity contribution < 1.29 is 5.11 Å². The number of aliphatic hydroxyl groups is 1. The number of rotatable bonds is 4. The summed E-state index contributed by atoms with van der Waals surface area (Å²) in [5.41, 5.74) is 6.20. The number of likely N-dealkylation sites (N-methyl/N-ethyl adjacent to an activating group) is 1. The molecule has 15 heavy (non-hydrogen) atoms. The lowest BCUT2D eigenvalue weighted by molar-refractivity contribution is 0.139. The van der Waals surface area contributed by atoms with Crippen LogP contribution in [0.1, 0.15) is 11.6 Å². The summed E-state index contributed by atoms with van der Waals surface area (Å²) in [4.78, 5) is 0. The fourth-order valence-electron chi connectivity index (χ4n) is 1.44. The molecule has 0 saturated heterocycles. The number of aliphatic hydroxyl groups excluding tert-OH is 1. The molecule has 0 amide bonds. The average Bonchev–Trinajstić information content (AvgIpc) is 2.21. The maximum atomic E-state index is 9.69. The molecule has 0 aliphatic carbocycles. The van der Waals surface area contributed by atoms with Crippen LogP contribution >= 0.6 is 23.2 Å². The lowest BCUT2D eigenvalue weighted by atomic mass is 10.0. The predicted molar refractivity (Wildman–Crippen MR) is 63.3 cm³/mol. The van der Waals surface area contributed by atoms with Crippen LogP contribution in [-0.4, -0.2) is 24.8 Å². The molecule has 2 unspecified atom stereocenters. The van der Waals surface area contributed by atoms with Crippen LogP contribution in [0.15, 0.2) is 18.2 Å². The van der Waals surface area contributed by atoms with Crippen LogP contribution in [0.3, 0.4) is 0 Å². The molecule has 5 heteroatoms. The van der Waals surface area contributed by atoms with E-state index in [-0.39, 0.29) is 12.6 Å². The second-order valence-electron chi connectivity index (χ2n) is 3.24. The standard InChI is InChI=1S/C10H14Cl2N2O/c1-14-10(9(15)5-13)7-3-2-6(11)4-8(7)12/h2-4,9-10,14-15H,5,13H2,1H3. The topological polar surface area (TPSA) is 58.3 Å². The smallest absolute Gasteiger partial charge is 0.0857 e. The molecule has 1 aromatic rings. The Balaban J connectivity index is 3.01. The van der Waals surface area contributed by atoms with Crippen LogP contribution in [0.2, 0.25) is 10.0 Å². The Bertz CT molecular complexity index is 333. The molecule has 1 rings (SSSR count). The van der Waals surface area contributed by atoms with E-state index in [2.05, 4.69) is 5.32 Å². The van der Waals surface area contributed by atoms with Crippen molar-refractivity contribution in [1.82, 2.24) is 5.32 Å². The predicted octanol–water partition coefficient (Wildman–Crippen LogP) is 1.57. The highest BCUT2D eigenvalue weighted by molar-refractivity contribution is 6.35. The molecule has 2 atom stereocenters. The zero-order chi connectivity index (χ0) is 11.4. The molecule has 0 spiro atoms. The third-order valence-corrected chi connectivity index (χ3v) is 2.80. The van der Waals surface area contributed by atoms with E-state index in [0.717, 1.165) is 5.56 Å². The summed E-state index contributed by atoms with van der Waals surface area (Å²) >= 11 is 11.8. The van der Waals surface area contributed by atoms with Crippen molar-refractivity contribution in [3.63, 3.8) is 0 Å². The van der Waals surface area contributed by atoms with Gasteiger partial charge >= 0.3 is 0 Å². The number of benzene rings is 1. The zero-order valence-corrected chi connectivity index (χ0v) is 9.89. The fraction of sp³-hybridized carbons (Fsp3) is 0.400. The van der Waals surface area contributed by atoms with Gasteiger partial charge in [-0.25, -0.2) is 0 Å². The quantitative estimate of drug-likeness (QED) is 0.759. The van der Waals surface area contributed by atoms with E-state index in [0.29, 0.717) is 10.0 Å². The highest BCUT2D eigenvalue weighted by Gasteiger charge is 2.20. The summed E-state index contributed by atoms with van der Waals surface area (Å²) in [6, 6.07) is 4.88.